The van der Waals surface area contributed by atoms with Crippen LogP contribution in [-0.4, -0.2) is 24.5 Å². The van der Waals surface area contributed by atoms with Crippen LogP contribution in [0.1, 0.15) is 0 Å². The Morgan fingerprint density at radius 2 is 1.02 bits per heavy atom. The van der Waals surface area contributed by atoms with Crippen molar-refractivity contribution in [3.63, 3.8) is 0 Å². The summed E-state index contributed by atoms with van der Waals surface area (Å²) in [6.45, 7) is 0. The summed E-state index contributed by atoms with van der Waals surface area (Å²) >= 11 is 3.52. The van der Waals surface area contributed by atoms with E-state index in [1.54, 1.807) is 22.7 Å². The molecule has 0 unspecified atom stereocenters. The predicted octanol–water partition coefficient (Wildman–Crippen LogP) is 10.9. The van der Waals surface area contributed by atoms with Crippen molar-refractivity contribution in [3.8, 4) is 39.3 Å². The van der Waals surface area contributed by atoms with Gasteiger partial charge in [0.05, 0.1) is 21.3 Å². The van der Waals surface area contributed by atoms with Crippen LogP contribution in [0, 0.1) is 0 Å². The van der Waals surface area contributed by atoms with Crippen molar-refractivity contribution in [2.24, 2.45) is 0 Å². The van der Waals surface area contributed by atoms with Crippen LogP contribution in [0.2, 0.25) is 0 Å². The van der Waals surface area contributed by atoms with Gasteiger partial charge in [-0.3, -0.25) is 4.57 Å². The van der Waals surface area contributed by atoms with Crippen LogP contribution in [0.5, 0.6) is 0 Å². The molecule has 4 aromatic heterocycles. The Morgan fingerprint density at radius 3 is 1.77 bits per heavy atom. The number of hydrogen-bond donors (Lipinski definition) is 0. The average Bonchev–Trinajstić information content (AvgIpc) is 3.84. The molecular weight excluding hydrogens is 615 g/mol. The van der Waals surface area contributed by atoms with Crippen LogP contribution in [-0.2, 0) is 0 Å². The monoisotopic (exact) mass is 637 g/mol. The van der Waals surface area contributed by atoms with Crippen molar-refractivity contribution in [1.82, 2.24) is 24.5 Å². The minimum absolute atomic E-state index is 0.597. The van der Waals surface area contributed by atoms with Crippen molar-refractivity contribution in [2.75, 3.05) is 0 Å². The third-order valence-electron chi connectivity index (χ3n) is 8.73. The van der Waals surface area contributed by atoms with E-state index in [1.807, 2.05) is 24.3 Å². The molecule has 47 heavy (non-hydrogen) atoms. The summed E-state index contributed by atoms with van der Waals surface area (Å²) in [7, 11) is 0. The van der Waals surface area contributed by atoms with Gasteiger partial charge >= 0.3 is 0 Å². The zero-order chi connectivity index (χ0) is 30.9. The number of thiazole rings is 1. The molecule has 0 fully saturated rings. The zero-order valence-electron chi connectivity index (χ0n) is 24.8. The Morgan fingerprint density at radius 1 is 0.426 bits per heavy atom. The lowest BCUT2D eigenvalue weighted by molar-refractivity contribution is 0.954. The fourth-order valence-electron chi connectivity index (χ4n) is 6.59. The van der Waals surface area contributed by atoms with Gasteiger partial charge in [0.2, 0.25) is 5.95 Å². The molecule has 5 nitrogen and oxygen atoms in total. The lowest BCUT2D eigenvalue weighted by atomic mass is 10.1. The molecule has 10 rings (SSSR count). The van der Waals surface area contributed by atoms with Gasteiger partial charge in [-0.25, -0.2) is 9.97 Å². The molecule has 0 amide bonds. The second kappa shape index (κ2) is 10.4. The maximum atomic E-state index is 5.24. The van der Waals surface area contributed by atoms with Gasteiger partial charge in [0.25, 0.3) is 0 Å². The van der Waals surface area contributed by atoms with Crippen molar-refractivity contribution in [2.45, 2.75) is 0 Å². The molecule has 6 aromatic carbocycles. The minimum atomic E-state index is 0.597. The predicted molar refractivity (Wildman–Crippen MR) is 197 cm³/mol. The molecule has 0 N–H and O–H groups in total. The van der Waals surface area contributed by atoms with E-state index in [4.69, 9.17) is 19.9 Å². The number of benzene rings is 6. The number of rotatable bonds is 4. The average molecular weight is 638 g/mol. The summed E-state index contributed by atoms with van der Waals surface area (Å²) in [6.07, 6.45) is 0. The lowest BCUT2D eigenvalue weighted by Gasteiger charge is -2.11. The molecule has 0 aliphatic carbocycles. The van der Waals surface area contributed by atoms with Gasteiger partial charge in [0.15, 0.2) is 11.6 Å². The summed E-state index contributed by atoms with van der Waals surface area (Å²) in [5, 5.41) is 5.76. The number of para-hydroxylation sites is 3. The molecule has 0 saturated carbocycles. The Hall–Kier alpha value is -5.76. The van der Waals surface area contributed by atoms with Crippen molar-refractivity contribution >= 4 is 74.9 Å². The molecule has 0 bridgehead atoms. The van der Waals surface area contributed by atoms with Gasteiger partial charge < -0.3 is 0 Å². The molecule has 7 heteroatoms. The van der Waals surface area contributed by atoms with Crippen LogP contribution < -0.4 is 0 Å². The third kappa shape index (κ3) is 4.14. The Labute approximate surface area is 277 Å². The summed E-state index contributed by atoms with van der Waals surface area (Å²) < 4.78 is 5.72. The van der Waals surface area contributed by atoms with Crippen molar-refractivity contribution in [3.05, 3.63) is 140 Å². The molecule has 0 saturated heterocycles. The first-order chi connectivity index (χ1) is 23.3. The number of fused-ring (bicyclic) bond motifs is 7. The Bertz CT molecular complexity index is 2720. The second-order valence-electron chi connectivity index (χ2n) is 11.5. The van der Waals surface area contributed by atoms with Crippen LogP contribution in [0.25, 0.3) is 91.5 Å². The largest absolute Gasteiger partial charge is 0.278 e. The highest BCUT2D eigenvalue weighted by Gasteiger charge is 2.20. The lowest BCUT2D eigenvalue weighted by Crippen LogP contribution is -2.06. The molecule has 0 aliphatic rings. The minimum Gasteiger partial charge on any atom is -0.278 e. The van der Waals surface area contributed by atoms with Crippen LogP contribution in [0.15, 0.2) is 140 Å². The van der Waals surface area contributed by atoms with E-state index in [-0.39, 0.29) is 0 Å². The van der Waals surface area contributed by atoms with E-state index in [1.165, 1.54) is 30.9 Å². The smallest absolute Gasteiger partial charge is 0.238 e. The van der Waals surface area contributed by atoms with Crippen molar-refractivity contribution in [1.29, 1.82) is 0 Å². The molecule has 4 heterocycles. The molecule has 0 aliphatic heterocycles. The van der Waals surface area contributed by atoms with Gasteiger partial charge in [-0.1, -0.05) is 109 Å². The van der Waals surface area contributed by atoms with Gasteiger partial charge in [-0.2, -0.15) is 9.97 Å². The molecule has 0 radical (unpaired) electrons. The molecule has 10 aromatic rings. The van der Waals surface area contributed by atoms with E-state index in [0.717, 1.165) is 42.9 Å². The van der Waals surface area contributed by atoms with E-state index < -0.39 is 0 Å². The molecule has 220 valence electrons. The van der Waals surface area contributed by atoms with Gasteiger partial charge in [-0.15, -0.1) is 22.7 Å². The highest BCUT2D eigenvalue weighted by atomic mass is 32.1. The van der Waals surface area contributed by atoms with Crippen molar-refractivity contribution < 1.29 is 0 Å². The van der Waals surface area contributed by atoms with E-state index in [2.05, 4.69) is 120 Å². The summed E-state index contributed by atoms with van der Waals surface area (Å²) in [5.41, 5.74) is 6.24. The standard InChI is InChI=1S/C40H23N5S2/c1-2-12-24(13-3-1)37-42-38(44-40(43-37)45-32-21-7-4-14-25(32)26-15-5-8-22-33(26)45)29-18-10-16-27-28-17-11-19-30(36(28)47-35(27)29)39-41-31-20-6-9-23-34(31)46-39/h1-23H. The summed E-state index contributed by atoms with van der Waals surface area (Å²) in [5.74, 6) is 1.88. The zero-order valence-corrected chi connectivity index (χ0v) is 26.5. The highest BCUT2D eigenvalue weighted by molar-refractivity contribution is 7.27. The molecular formula is C40H23N5S2. The maximum absolute atomic E-state index is 5.24. The summed E-state index contributed by atoms with van der Waals surface area (Å²) in [4.78, 5) is 20.5. The Balaban J connectivity index is 1.24. The topological polar surface area (TPSA) is 56.5 Å². The van der Waals surface area contributed by atoms with Gasteiger partial charge in [0.1, 0.15) is 5.01 Å². The summed E-state index contributed by atoms with van der Waals surface area (Å²) in [6, 6.07) is 48.4. The van der Waals surface area contributed by atoms with E-state index in [0.29, 0.717) is 17.6 Å². The Kier molecular flexibility index (Phi) is 5.85. The third-order valence-corrected chi connectivity index (χ3v) is 11.1. The fraction of sp³-hybridized carbons (Fsp3) is 0. The van der Waals surface area contributed by atoms with Crippen LogP contribution >= 0.6 is 22.7 Å². The first-order valence-electron chi connectivity index (χ1n) is 15.4. The van der Waals surface area contributed by atoms with Crippen LogP contribution in [0.4, 0.5) is 0 Å². The normalized spacial score (nSPS) is 11.8. The fourth-order valence-corrected chi connectivity index (χ4v) is 8.98. The quantitative estimate of drug-likeness (QED) is 0.193. The van der Waals surface area contributed by atoms with E-state index in [9.17, 15) is 0 Å². The van der Waals surface area contributed by atoms with Gasteiger partial charge in [-0.05, 0) is 30.3 Å². The van der Waals surface area contributed by atoms with E-state index >= 15 is 0 Å². The second-order valence-corrected chi connectivity index (χ2v) is 13.5. The van der Waals surface area contributed by atoms with Crippen LogP contribution in [0.3, 0.4) is 0 Å². The number of aromatic nitrogens is 5. The first-order valence-corrected chi connectivity index (χ1v) is 17.0. The number of hydrogen-bond acceptors (Lipinski definition) is 6. The first kappa shape index (κ1) is 26.5. The highest BCUT2D eigenvalue weighted by Crippen LogP contribution is 2.44. The molecule has 0 spiro atoms. The maximum Gasteiger partial charge on any atom is 0.238 e. The molecule has 0 atom stereocenters. The number of nitrogens with zero attached hydrogens (tertiary/aromatic N) is 5. The van der Waals surface area contributed by atoms with Gasteiger partial charge in [0, 0.05) is 47.6 Å². The number of thiophene rings is 1. The SMILES string of the molecule is c1ccc(-c2nc(-c3cccc4c3sc3c(-c5nc6ccccc6s5)cccc34)nc(-n3c4ccccc4c4ccccc43)n2)cc1.